The number of fused-ring (bicyclic) bond motifs is 2. The molecule has 42 heavy (non-hydrogen) atoms. The van der Waals surface area contributed by atoms with E-state index in [1.807, 2.05) is 75.5 Å². The maximum absolute atomic E-state index is 15.4. The molecular weight excluding hydrogens is 523 g/mol. The first-order valence-corrected chi connectivity index (χ1v) is 15.0. The lowest BCUT2D eigenvalue weighted by Crippen LogP contribution is -2.40. The Morgan fingerprint density at radius 3 is 2.79 bits per heavy atom. The number of hydrogen-bond acceptors (Lipinski definition) is 6. The average Bonchev–Trinajstić information content (AvgIpc) is 3.80. The Morgan fingerprint density at radius 2 is 1.95 bits per heavy atom. The number of halogens is 1. The predicted molar refractivity (Wildman–Crippen MR) is 171 cm³/mol. The highest BCUT2D eigenvalue weighted by Crippen LogP contribution is 2.41. The van der Waals surface area contributed by atoms with Crippen molar-refractivity contribution < 1.29 is 5.82 Å². The zero-order valence-corrected chi connectivity index (χ0v) is 24.5. The normalized spacial score (nSPS) is 19.8. The molecule has 0 spiro atoms. The number of allylic oxidation sites excluding steroid dienone is 4. The van der Waals surface area contributed by atoms with Gasteiger partial charge in [0.15, 0.2) is 0 Å². The van der Waals surface area contributed by atoms with Crippen LogP contribution in [0.4, 0.5) is 4.39 Å². The van der Waals surface area contributed by atoms with E-state index < -0.39 is 0 Å². The lowest BCUT2D eigenvalue weighted by molar-refractivity contribution is 0.320. The van der Waals surface area contributed by atoms with Gasteiger partial charge in [0.2, 0.25) is 0 Å². The van der Waals surface area contributed by atoms with Crippen molar-refractivity contribution in [2.24, 2.45) is 0 Å². The van der Waals surface area contributed by atoms with E-state index in [0.717, 1.165) is 61.4 Å². The summed E-state index contributed by atoms with van der Waals surface area (Å²) >= 11 is 0. The fraction of sp³-hybridized carbons (Fsp3) is 0.314. The molecular formula is C35H39FN6. The van der Waals surface area contributed by atoms with Crippen molar-refractivity contribution in [1.29, 1.82) is 0 Å². The zero-order valence-electron chi connectivity index (χ0n) is 24.5. The molecule has 0 bridgehead atoms. The minimum Gasteiger partial charge on any atom is -0.367 e. The van der Waals surface area contributed by atoms with Crippen LogP contribution in [-0.4, -0.2) is 47.2 Å². The molecule has 1 atom stereocenters. The van der Waals surface area contributed by atoms with Gasteiger partial charge in [-0.2, -0.15) is 0 Å². The molecule has 1 aliphatic carbocycles. The second-order valence-corrected chi connectivity index (χ2v) is 10.6. The van der Waals surface area contributed by atoms with Gasteiger partial charge in [0.05, 0.1) is 46.1 Å². The standard InChI is InChI=1S/C33H31FN6.C2H6.H2/c1-2-3-4-5-24-9-10-25(33(38-24)26-16-22(21-6-7-21)8-11-27(26)34)28-12-13-29-30(39-28)17-23(18-36-29)32-31-19-35-14-15-40(31)20-37-32;1-2;/h2-5,8,11-13,16-18,21,24,35,37-38H,6-7,14-15,19-20H2,1H3;1-2H3;1H/b3-2-,5-4-;;. The van der Waals surface area contributed by atoms with Crippen molar-refractivity contribution in [1.82, 2.24) is 30.8 Å². The third-order valence-corrected chi connectivity index (χ3v) is 7.87. The number of pyridine rings is 2. The predicted octanol–water partition coefficient (Wildman–Crippen LogP) is 6.03. The summed E-state index contributed by atoms with van der Waals surface area (Å²) in [5.74, 6) is 6.86. The van der Waals surface area contributed by atoms with E-state index in [-0.39, 0.29) is 13.3 Å². The maximum atomic E-state index is 15.4. The fourth-order valence-corrected chi connectivity index (χ4v) is 5.58. The van der Waals surface area contributed by atoms with Crippen LogP contribution in [0.25, 0.3) is 28.0 Å². The molecule has 216 valence electrons. The first-order chi connectivity index (χ1) is 20.7. The molecule has 5 heterocycles. The number of nitrogens with zero attached hydrogens (tertiary/aromatic N) is 3. The summed E-state index contributed by atoms with van der Waals surface area (Å²) in [6.07, 6.45) is 12.1. The van der Waals surface area contributed by atoms with E-state index in [2.05, 4.69) is 38.8 Å². The molecule has 3 N–H and O–H groups in total. The van der Waals surface area contributed by atoms with E-state index in [4.69, 9.17) is 9.97 Å². The van der Waals surface area contributed by atoms with Crippen LogP contribution >= 0.6 is 0 Å². The minimum absolute atomic E-state index is 0. The second kappa shape index (κ2) is 12.2. The molecule has 7 heteroatoms. The van der Waals surface area contributed by atoms with Gasteiger partial charge < -0.3 is 20.9 Å². The first kappa shape index (κ1) is 27.7. The molecule has 3 aliphatic heterocycles. The van der Waals surface area contributed by atoms with Gasteiger partial charge in [0, 0.05) is 38.4 Å². The smallest absolute Gasteiger partial charge is 0.132 e. The highest BCUT2D eigenvalue weighted by Gasteiger charge is 2.28. The Kier molecular flexibility index (Phi) is 8.07. The van der Waals surface area contributed by atoms with Crippen molar-refractivity contribution in [3.8, 4) is 11.8 Å². The van der Waals surface area contributed by atoms with Gasteiger partial charge in [-0.3, -0.25) is 4.98 Å². The third kappa shape index (κ3) is 5.55. The van der Waals surface area contributed by atoms with Crippen LogP contribution in [0, 0.1) is 17.7 Å². The van der Waals surface area contributed by atoms with Crippen LogP contribution in [0.15, 0.2) is 72.6 Å². The lowest BCUT2D eigenvalue weighted by atomic mass is 9.96. The molecule has 2 aromatic heterocycles. The number of aromatic nitrogens is 2. The van der Waals surface area contributed by atoms with Crippen molar-refractivity contribution in [2.75, 3.05) is 26.3 Å². The van der Waals surface area contributed by atoms with Gasteiger partial charge in [0.1, 0.15) is 11.9 Å². The van der Waals surface area contributed by atoms with Crippen molar-refractivity contribution in [2.45, 2.75) is 45.6 Å². The molecule has 1 saturated heterocycles. The van der Waals surface area contributed by atoms with E-state index in [1.165, 1.54) is 11.3 Å². The molecule has 7 rings (SSSR count). The van der Waals surface area contributed by atoms with Crippen LogP contribution in [0.3, 0.4) is 0 Å². The Morgan fingerprint density at radius 1 is 1.07 bits per heavy atom. The number of hydrogen-bond donors (Lipinski definition) is 3. The number of benzene rings is 1. The molecule has 4 aliphatic rings. The second-order valence-electron chi connectivity index (χ2n) is 10.6. The van der Waals surface area contributed by atoms with Gasteiger partial charge in [0.25, 0.3) is 0 Å². The van der Waals surface area contributed by atoms with Gasteiger partial charge in [-0.25, -0.2) is 9.37 Å². The summed E-state index contributed by atoms with van der Waals surface area (Å²) < 4.78 is 15.4. The molecule has 2 fully saturated rings. The Bertz CT molecular complexity index is 1690. The highest BCUT2D eigenvalue weighted by atomic mass is 19.1. The summed E-state index contributed by atoms with van der Waals surface area (Å²) in [5, 5.41) is 10.5. The quantitative estimate of drug-likeness (QED) is 0.252. The first-order valence-electron chi connectivity index (χ1n) is 15.0. The Labute approximate surface area is 249 Å². The van der Waals surface area contributed by atoms with Gasteiger partial charge in [-0.05, 0) is 61.6 Å². The maximum Gasteiger partial charge on any atom is 0.132 e. The van der Waals surface area contributed by atoms with Gasteiger partial charge in [-0.1, -0.05) is 56.1 Å². The molecule has 1 unspecified atom stereocenters. The van der Waals surface area contributed by atoms with E-state index in [1.54, 1.807) is 6.07 Å². The average molecular weight is 563 g/mol. The number of rotatable bonds is 6. The summed E-state index contributed by atoms with van der Waals surface area (Å²) in [6.45, 7) is 9.59. The monoisotopic (exact) mass is 562 g/mol. The summed E-state index contributed by atoms with van der Waals surface area (Å²) in [5.41, 5.74) is 8.75. The summed E-state index contributed by atoms with van der Waals surface area (Å²) in [6, 6.07) is 11.2. The fourth-order valence-electron chi connectivity index (χ4n) is 5.58. The van der Waals surface area contributed by atoms with Crippen LogP contribution in [0.1, 0.15) is 63.3 Å². The number of nitrogens with one attached hydrogen (secondary N) is 3. The Hall–Kier alpha value is -4.41. The van der Waals surface area contributed by atoms with Crippen molar-refractivity contribution in [3.63, 3.8) is 0 Å². The van der Waals surface area contributed by atoms with E-state index >= 15 is 4.39 Å². The molecule has 1 saturated carbocycles. The SMILES string of the molecule is C/C=C\C=C/C1C#CC(c2ccc3ncc(C4=C5CNCCN5CN4)cc3n2)=C(c2cc(C3CC3)ccc2F)N1.CC.[HH]. The van der Waals surface area contributed by atoms with Crippen LogP contribution in [0.5, 0.6) is 0 Å². The van der Waals surface area contributed by atoms with Crippen LogP contribution in [-0.2, 0) is 0 Å². The van der Waals surface area contributed by atoms with Crippen molar-refractivity contribution >= 4 is 28.0 Å². The third-order valence-electron chi connectivity index (χ3n) is 7.87. The largest absolute Gasteiger partial charge is 0.367 e. The molecule has 6 nitrogen and oxygen atoms in total. The van der Waals surface area contributed by atoms with Gasteiger partial charge >= 0.3 is 0 Å². The molecule has 3 aromatic rings. The van der Waals surface area contributed by atoms with Crippen LogP contribution in [0.2, 0.25) is 0 Å². The van der Waals surface area contributed by atoms with E-state index in [0.29, 0.717) is 28.4 Å². The van der Waals surface area contributed by atoms with Gasteiger partial charge in [-0.15, -0.1) is 0 Å². The molecule has 0 amide bonds. The highest BCUT2D eigenvalue weighted by molar-refractivity contribution is 5.99. The topological polar surface area (TPSA) is 65.1 Å². The zero-order chi connectivity index (χ0) is 29.1. The Balaban J connectivity index is 0.00000120. The van der Waals surface area contributed by atoms with E-state index in [9.17, 15) is 0 Å². The van der Waals surface area contributed by atoms with Crippen molar-refractivity contribution in [3.05, 3.63) is 101 Å². The molecule has 1 aromatic carbocycles. The molecule has 0 radical (unpaired) electrons. The lowest BCUT2D eigenvalue weighted by Gasteiger charge is -2.26. The minimum atomic E-state index is -0.264. The summed E-state index contributed by atoms with van der Waals surface area (Å²) in [7, 11) is 0. The summed E-state index contributed by atoms with van der Waals surface area (Å²) in [4.78, 5) is 12.1. The number of piperazine rings is 1. The van der Waals surface area contributed by atoms with Crippen LogP contribution < -0.4 is 16.0 Å².